The number of carbonyl (C=O) groups excluding carboxylic acids is 1. The summed E-state index contributed by atoms with van der Waals surface area (Å²) in [5.41, 5.74) is 0.754. The van der Waals surface area contributed by atoms with E-state index in [1.807, 2.05) is 0 Å². The first kappa shape index (κ1) is 14.4. The molecule has 0 saturated heterocycles. The molecule has 1 heterocycles. The van der Waals surface area contributed by atoms with Gasteiger partial charge in [-0.2, -0.15) is 4.39 Å². The fraction of sp³-hybridized carbons (Fsp3) is 0.143. The number of halogens is 2. The Labute approximate surface area is 120 Å². The summed E-state index contributed by atoms with van der Waals surface area (Å²) in [5, 5.41) is 12.9. The Morgan fingerprint density at radius 2 is 2.10 bits per heavy atom. The Morgan fingerprint density at radius 1 is 1.35 bits per heavy atom. The van der Waals surface area contributed by atoms with E-state index in [0.717, 1.165) is 12.3 Å². The molecule has 0 saturated carbocycles. The Kier molecular flexibility index (Phi) is 4.65. The highest BCUT2D eigenvalue weighted by molar-refractivity contribution is 6.31. The number of hydrogen-bond acceptors (Lipinski definition) is 3. The maximum atomic E-state index is 12.6. The van der Waals surface area contributed by atoms with Crippen molar-refractivity contribution in [3.8, 4) is 0 Å². The molecule has 0 spiro atoms. The van der Waals surface area contributed by atoms with Gasteiger partial charge in [-0.05, 0) is 18.2 Å². The molecule has 2 N–H and O–H groups in total. The molecule has 104 valence electrons. The van der Waals surface area contributed by atoms with E-state index in [0.29, 0.717) is 10.6 Å². The zero-order valence-electron chi connectivity index (χ0n) is 10.4. The highest BCUT2D eigenvalue weighted by atomic mass is 35.5. The second kappa shape index (κ2) is 6.45. The number of aromatic nitrogens is 1. The number of rotatable bonds is 4. The average molecular weight is 295 g/mol. The summed E-state index contributed by atoms with van der Waals surface area (Å²) in [7, 11) is 0. The average Bonchev–Trinajstić information content (AvgIpc) is 2.45. The maximum Gasteiger partial charge on any atom is 0.252 e. The van der Waals surface area contributed by atoms with Gasteiger partial charge in [-0.15, -0.1) is 0 Å². The monoisotopic (exact) mass is 294 g/mol. The molecule has 0 aliphatic heterocycles. The zero-order chi connectivity index (χ0) is 14.5. The van der Waals surface area contributed by atoms with Crippen LogP contribution in [0.2, 0.25) is 5.02 Å². The van der Waals surface area contributed by atoms with Crippen LogP contribution in [0.3, 0.4) is 0 Å². The highest BCUT2D eigenvalue weighted by Gasteiger charge is 2.13. The zero-order valence-corrected chi connectivity index (χ0v) is 11.1. The smallest absolute Gasteiger partial charge is 0.252 e. The molecule has 1 aromatic carbocycles. The van der Waals surface area contributed by atoms with Crippen molar-refractivity contribution < 1.29 is 14.3 Å². The first-order valence-corrected chi connectivity index (χ1v) is 6.28. The van der Waals surface area contributed by atoms with Gasteiger partial charge >= 0.3 is 0 Å². The van der Waals surface area contributed by atoms with Crippen LogP contribution in [-0.2, 0) is 0 Å². The molecule has 4 nitrogen and oxygen atoms in total. The summed E-state index contributed by atoms with van der Waals surface area (Å²) in [6.45, 7) is -0.0000565. The summed E-state index contributed by atoms with van der Waals surface area (Å²) >= 11 is 5.94. The third-order valence-corrected chi connectivity index (χ3v) is 3.05. The minimum Gasteiger partial charge on any atom is -0.387 e. The number of benzene rings is 1. The first-order chi connectivity index (χ1) is 9.58. The summed E-state index contributed by atoms with van der Waals surface area (Å²) in [4.78, 5) is 15.1. The molecule has 1 aromatic heterocycles. The number of pyridine rings is 1. The molecule has 0 aliphatic carbocycles. The number of nitrogens with one attached hydrogen (secondary N) is 1. The molecule has 20 heavy (non-hydrogen) atoms. The fourth-order valence-corrected chi connectivity index (χ4v) is 1.92. The number of carbonyl (C=O) groups is 1. The number of aliphatic hydroxyl groups is 1. The van der Waals surface area contributed by atoms with Crippen molar-refractivity contribution >= 4 is 17.5 Å². The lowest BCUT2D eigenvalue weighted by Gasteiger charge is -2.13. The standard InChI is InChI=1S/C14H12ClFN2O2/c15-11-4-2-1-3-10(11)12(19)8-18-14(20)9-5-6-13(16)17-7-9/h1-7,12,19H,8H2,(H,18,20). The predicted octanol–water partition coefficient (Wildman–Crippen LogP) is 2.34. The van der Waals surface area contributed by atoms with Crippen LogP contribution in [-0.4, -0.2) is 22.5 Å². The van der Waals surface area contributed by atoms with Crippen LogP contribution < -0.4 is 5.32 Å². The third-order valence-electron chi connectivity index (χ3n) is 2.71. The van der Waals surface area contributed by atoms with Gasteiger partial charge in [0, 0.05) is 23.3 Å². The van der Waals surface area contributed by atoms with Crippen molar-refractivity contribution in [3.05, 3.63) is 64.7 Å². The van der Waals surface area contributed by atoms with E-state index in [4.69, 9.17) is 11.6 Å². The van der Waals surface area contributed by atoms with E-state index < -0.39 is 18.0 Å². The molecule has 0 aliphatic rings. The molecule has 6 heteroatoms. The quantitative estimate of drug-likeness (QED) is 0.851. The van der Waals surface area contributed by atoms with Gasteiger partial charge in [0.1, 0.15) is 0 Å². The van der Waals surface area contributed by atoms with E-state index in [1.165, 1.54) is 6.07 Å². The molecular formula is C14H12ClFN2O2. The number of amides is 1. The van der Waals surface area contributed by atoms with Crippen molar-refractivity contribution in [1.82, 2.24) is 10.3 Å². The van der Waals surface area contributed by atoms with E-state index >= 15 is 0 Å². The van der Waals surface area contributed by atoms with Crippen LogP contribution in [0, 0.1) is 5.95 Å². The van der Waals surface area contributed by atoms with Crippen molar-refractivity contribution in [3.63, 3.8) is 0 Å². The summed E-state index contributed by atoms with van der Waals surface area (Å²) in [6, 6.07) is 9.25. The molecule has 0 bridgehead atoms. The number of hydrogen-bond donors (Lipinski definition) is 2. The molecular weight excluding hydrogens is 283 g/mol. The molecule has 2 aromatic rings. The summed E-state index contributed by atoms with van der Waals surface area (Å²) in [6.07, 6.45) is 0.216. The molecule has 0 fully saturated rings. The van der Waals surface area contributed by atoms with E-state index in [-0.39, 0.29) is 12.1 Å². The Morgan fingerprint density at radius 3 is 2.75 bits per heavy atom. The van der Waals surface area contributed by atoms with E-state index in [2.05, 4.69) is 10.3 Å². The maximum absolute atomic E-state index is 12.6. The normalized spacial score (nSPS) is 11.9. The Hall–Kier alpha value is -1.98. The van der Waals surface area contributed by atoms with Crippen molar-refractivity contribution in [2.75, 3.05) is 6.54 Å². The molecule has 2 rings (SSSR count). The predicted molar refractivity (Wildman–Crippen MR) is 72.9 cm³/mol. The van der Waals surface area contributed by atoms with Gasteiger partial charge in [0.2, 0.25) is 5.95 Å². The molecule has 1 amide bonds. The second-order valence-corrected chi connectivity index (χ2v) is 4.52. The van der Waals surface area contributed by atoms with Crippen LogP contribution in [0.4, 0.5) is 4.39 Å². The van der Waals surface area contributed by atoms with Gasteiger partial charge < -0.3 is 10.4 Å². The number of aliphatic hydroxyl groups excluding tert-OH is 1. The Balaban J connectivity index is 1.97. The largest absolute Gasteiger partial charge is 0.387 e. The van der Waals surface area contributed by atoms with E-state index in [1.54, 1.807) is 24.3 Å². The van der Waals surface area contributed by atoms with Crippen LogP contribution in [0.5, 0.6) is 0 Å². The highest BCUT2D eigenvalue weighted by Crippen LogP contribution is 2.21. The summed E-state index contributed by atoms with van der Waals surface area (Å²) < 4.78 is 12.6. The number of nitrogens with zero attached hydrogens (tertiary/aromatic N) is 1. The van der Waals surface area contributed by atoms with Crippen LogP contribution >= 0.6 is 11.6 Å². The second-order valence-electron chi connectivity index (χ2n) is 4.12. The Bertz CT molecular complexity index is 604. The lowest BCUT2D eigenvalue weighted by Crippen LogP contribution is -2.28. The van der Waals surface area contributed by atoms with Crippen LogP contribution in [0.25, 0.3) is 0 Å². The van der Waals surface area contributed by atoms with Gasteiger partial charge in [-0.25, -0.2) is 4.98 Å². The van der Waals surface area contributed by atoms with Gasteiger partial charge in [-0.1, -0.05) is 29.8 Å². The molecule has 0 radical (unpaired) electrons. The minimum absolute atomic E-state index is 0.0000565. The SMILES string of the molecule is O=C(NCC(O)c1ccccc1Cl)c1ccc(F)nc1. The van der Waals surface area contributed by atoms with Gasteiger partial charge in [0.05, 0.1) is 11.7 Å². The molecule has 1 atom stereocenters. The fourth-order valence-electron chi connectivity index (χ4n) is 1.66. The van der Waals surface area contributed by atoms with Gasteiger partial charge in [-0.3, -0.25) is 4.79 Å². The lowest BCUT2D eigenvalue weighted by atomic mass is 10.1. The van der Waals surface area contributed by atoms with Crippen molar-refractivity contribution in [2.24, 2.45) is 0 Å². The minimum atomic E-state index is -0.916. The summed E-state index contributed by atoms with van der Waals surface area (Å²) in [5.74, 6) is -1.10. The van der Waals surface area contributed by atoms with Crippen LogP contribution in [0.1, 0.15) is 22.0 Å². The third kappa shape index (κ3) is 3.53. The van der Waals surface area contributed by atoms with Crippen molar-refractivity contribution in [2.45, 2.75) is 6.10 Å². The lowest BCUT2D eigenvalue weighted by molar-refractivity contribution is 0.0916. The van der Waals surface area contributed by atoms with Crippen molar-refractivity contribution in [1.29, 1.82) is 0 Å². The first-order valence-electron chi connectivity index (χ1n) is 5.90. The van der Waals surface area contributed by atoms with Gasteiger partial charge in [0.25, 0.3) is 5.91 Å². The van der Waals surface area contributed by atoms with E-state index in [9.17, 15) is 14.3 Å². The topological polar surface area (TPSA) is 62.2 Å². The van der Waals surface area contributed by atoms with Crippen LogP contribution in [0.15, 0.2) is 42.6 Å². The molecule has 1 unspecified atom stereocenters. The van der Waals surface area contributed by atoms with Gasteiger partial charge in [0.15, 0.2) is 0 Å².